The maximum atomic E-state index is 12.4. The smallest absolute Gasteiger partial charge is 0.281 e. The number of thioether (sulfide) groups is 2. The van der Waals surface area contributed by atoms with Crippen molar-refractivity contribution < 1.29 is 25.9 Å². The van der Waals surface area contributed by atoms with Gasteiger partial charge in [0.25, 0.3) is 0 Å². The lowest BCUT2D eigenvalue weighted by molar-refractivity contribution is 0.146. The minimum atomic E-state index is -4.38. The Morgan fingerprint density at radius 2 is 1.46 bits per heavy atom. The van der Waals surface area contributed by atoms with Gasteiger partial charge in [0.15, 0.2) is 21.8 Å². The Hall–Kier alpha value is -0.800. The molecule has 14 heteroatoms. The average Bonchev–Trinajstić information content (AvgIpc) is 3.17. The van der Waals surface area contributed by atoms with Crippen molar-refractivity contribution in [2.75, 3.05) is 13.1 Å². The number of nitrogens with zero attached hydrogens (tertiary/aromatic N) is 2. The Labute approximate surface area is 221 Å². The molecule has 5 unspecified atom stereocenters. The van der Waals surface area contributed by atoms with Crippen molar-refractivity contribution in [2.45, 2.75) is 38.8 Å². The third-order valence-corrected chi connectivity index (χ3v) is 13.1. The third-order valence-electron chi connectivity index (χ3n) is 7.48. The predicted molar refractivity (Wildman–Crippen MR) is 140 cm³/mol. The van der Waals surface area contributed by atoms with Crippen molar-refractivity contribution in [3.05, 3.63) is 57.5 Å². The normalized spacial score (nSPS) is 34.6. The molecule has 2 N–H and O–H groups in total. The van der Waals surface area contributed by atoms with Crippen molar-refractivity contribution in [3.63, 3.8) is 0 Å². The van der Waals surface area contributed by atoms with Crippen LogP contribution < -0.4 is 8.97 Å². The lowest BCUT2D eigenvalue weighted by atomic mass is 10.0. The Morgan fingerprint density at radius 1 is 0.857 bits per heavy atom. The van der Waals surface area contributed by atoms with Crippen molar-refractivity contribution in [2.24, 2.45) is 0 Å². The number of benzene rings is 2. The maximum absolute atomic E-state index is 12.4. The molecule has 2 aromatic rings. The van der Waals surface area contributed by atoms with Gasteiger partial charge in [0.1, 0.15) is 0 Å². The molecule has 0 bridgehead atoms. The molecule has 2 saturated heterocycles. The molecule has 2 fully saturated rings. The Balaban J connectivity index is 1.53. The van der Waals surface area contributed by atoms with Gasteiger partial charge in [-0.1, -0.05) is 35.0 Å². The Morgan fingerprint density at radius 3 is 2.00 bits per heavy atom. The van der Waals surface area contributed by atoms with E-state index < -0.39 is 36.4 Å². The van der Waals surface area contributed by atoms with E-state index in [-0.39, 0.29) is 15.4 Å². The highest BCUT2D eigenvalue weighted by Crippen LogP contribution is 2.61. The average molecular weight is 596 g/mol. The molecule has 4 heterocycles. The minimum Gasteiger partial charge on any atom is -0.281 e. The standard InChI is InChI=1S/C21H18Cl2N2O6S4/c22-12-1-3-16-14(9-12)24(7-5-20(24)34(26,27)28)18(32-16)11-19-25(8-6-21(25)35(29,30)31)15-10-13(23)2-4-17(15)33-19/h1-4,9-11,18,20-21H,5-8H2/p+2/b19-11+. The molecule has 8 nitrogen and oxygen atoms in total. The molecule has 2 spiro atoms. The summed E-state index contributed by atoms with van der Waals surface area (Å²) in [5, 5.41) is -0.973. The van der Waals surface area contributed by atoms with E-state index in [1.807, 2.05) is 18.2 Å². The van der Waals surface area contributed by atoms with E-state index in [1.165, 1.54) is 23.5 Å². The molecular weight excluding hydrogens is 575 g/mol. The minimum absolute atomic E-state index is 0.0168. The molecule has 2 aromatic carbocycles. The molecule has 0 aliphatic carbocycles. The van der Waals surface area contributed by atoms with Gasteiger partial charge < -0.3 is 0 Å². The summed E-state index contributed by atoms with van der Waals surface area (Å²) in [4.78, 5) is 1.69. The highest BCUT2D eigenvalue weighted by molar-refractivity contribution is 8.04. The van der Waals surface area contributed by atoms with Gasteiger partial charge in [-0.15, -0.1) is 0 Å². The summed E-state index contributed by atoms with van der Waals surface area (Å²) < 4.78 is 69.6. The fraction of sp³-hybridized carbons (Fsp3) is 0.333. The van der Waals surface area contributed by atoms with Crippen LogP contribution in [-0.2, 0) is 20.2 Å². The summed E-state index contributed by atoms with van der Waals surface area (Å²) in [6.07, 6.45) is 2.48. The van der Waals surface area contributed by atoms with E-state index in [4.69, 9.17) is 23.2 Å². The fourth-order valence-electron chi connectivity index (χ4n) is 5.80. The van der Waals surface area contributed by atoms with Crippen LogP contribution >= 0.6 is 46.7 Å². The molecule has 6 rings (SSSR count). The molecule has 0 aromatic heterocycles. The summed E-state index contributed by atoms with van der Waals surface area (Å²) >= 11 is 15.4. The van der Waals surface area contributed by atoms with Gasteiger partial charge in [-0.05, 0) is 36.0 Å². The molecule has 0 saturated carbocycles. The zero-order chi connectivity index (χ0) is 25.0. The number of hydrogen-bond donors (Lipinski definition) is 2. The summed E-state index contributed by atoms with van der Waals surface area (Å²) in [6.45, 7) is 0.930. The summed E-state index contributed by atoms with van der Waals surface area (Å²) in [6, 6.07) is 10.6. The first kappa shape index (κ1) is 24.5. The van der Waals surface area contributed by atoms with Crippen LogP contribution in [-0.4, -0.2) is 55.2 Å². The van der Waals surface area contributed by atoms with E-state index in [0.29, 0.717) is 40.3 Å². The molecule has 5 atom stereocenters. The fourth-order valence-corrected chi connectivity index (χ4v) is 11.7. The SMILES string of the molecule is O=S(=O)(O)C1CC[N+]12/C(=C\C1Sc3ccc(Cl)cc3[N+]13CCC3S(=O)(=O)O)Sc1ccc(Cl)cc12. The van der Waals surface area contributed by atoms with Crippen LogP contribution in [0.3, 0.4) is 0 Å². The van der Waals surface area contributed by atoms with Crippen LogP contribution in [0.4, 0.5) is 11.4 Å². The maximum Gasteiger partial charge on any atom is 0.320 e. The van der Waals surface area contributed by atoms with Crippen LogP contribution in [0.25, 0.3) is 0 Å². The highest BCUT2D eigenvalue weighted by Gasteiger charge is 2.66. The summed E-state index contributed by atoms with van der Waals surface area (Å²) in [5.41, 5.74) is 1.43. The van der Waals surface area contributed by atoms with Crippen LogP contribution in [0.1, 0.15) is 12.8 Å². The zero-order valence-electron chi connectivity index (χ0n) is 17.9. The second kappa shape index (κ2) is 7.85. The molecule has 0 radical (unpaired) electrons. The summed E-state index contributed by atoms with van der Waals surface area (Å²) in [7, 11) is -8.76. The van der Waals surface area contributed by atoms with Gasteiger partial charge in [-0.2, -0.15) is 16.8 Å². The zero-order valence-corrected chi connectivity index (χ0v) is 22.7. The molecule has 4 aliphatic heterocycles. The second-order valence-electron chi connectivity index (χ2n) is 9.10. The van der Waals surface area contributed by atoms with Crippen molar-refractivity contribution in [3.8, 4) is 0 Å². The largest absolute Gasteiger partial charge is 0.320 e. The van der Waals surface area contributed by atoms with E-state index in [9.17, 15) is 25.9 Å². The van der Waals surface area contributed by atoms with Gasteiger partial charge in [0.2, 0.25) is 10.7 Å². The topological polar surface area (TPSA) is 109 Å². The lowest BCUT2D eigenvalue weighted by Gasteiger charge is -2.51. The van der Waals surface area contributed by atoms with Crippen molar-refractivity contribution in [1.29, 1.82) is 0 Å². The van der Waals surface area contributed by atoms with Gasteiger partial charge in [0.05, 0.1) is 41.8 Å². The van der Waals surface area contributed by atoms with Crippen LogP contribution in [0, 0.1) is 0 Å². The van der Waals surface area contributed by atoms with Gasteiger partial charge in [0, 0.05) is 22.2 Å². The lowest BCUT2D eigenvalue weighted by Crippen LogP contribution is -2.71. The Bertz CT molecular complexity index is 1530. The number of hydrogen-bond acceptors (Lipinski definition) is 6. The van der Waals surface area contributed by atoms with Crippen LogP contribution in [0.15, 0.2) is 57.3 Å². The number of halogens is 2. The van der Waals surface area contributed by atoms with E-state index in [0.717, 1.165) is 15.5 Å². The van der Waals surface area contributed by atoms with Crippen LogP contribution in [0.2, 0.25) is 10.0 Å². The second-order valence-corrected chi connectivity index (χ2v) is 15.3. The first-order chi connectivity index (χ1) is 16.4. The highest BCUT2D eigenvalue weighted by atomic mass is 35.5. The first-order valence-electron chi connectivity index (χ1n) is 10.7. The van der Waals surface area contributed by atoms with Gasteiger partial charge in [-0.25, -0.2) is 4.48 Å². The molecule has 186 valence electrons. The van der Waals surface area contributed by atoms with E-state index in [1.54, 1.807) is 24.3 Å². The Kier molecular flexibility index (Phi) is 5.51. The van der Waals surface area contributed by atoms with E-state index >= 15 is 0 Å². The first-order valence-corrected chi connectivity index (χ1v) is 16.2. The quantitative estimate of drug-likeness (QED) is 0.380. The molecule has 0 amide bonds. The predicted octanol–water partition coefficient (Wildman–Crippen LogP) is 4.92. The third kappa shape index (κ3) is 3.42. The number of fused-ring (bicyclic) bond motifs is 4. The number of rotatable bonds is 3. The van der Waals surface area contributed by atoms with Gasteiger partial charge >= 0.3 is 20.2 Å². The monoisotopic (exact) mass is 594 g/mol. The van der Waals surface area contributed by atoms with Gasteiger partial charge in [-0.3, -0.25) is 13.6 Å². The van der Waals surface area contributed by atoms with Crippen molar-refractivity contribution >= 4 is 78.3 Å². The molecular formula is C21H20Cl2N2O6S4+2. The number of quaternary nitrogens is 2. The van der Waals surface area contributed by atoms with E-state index in [2.05, 4.69) is 0 Å². The summed E-state index contributed by atoms with van der Waals surface area (Å²) in [5.74, 6) is 0. The van der Waals surface area contributed by atoms with Crippen molar-refractivity contribution in [1.82, 2.24) is 8.97 Å². The molecule has 4 aliphatic rings. The molecule has 35 heavy (non-hydrogen) atoms. The van der Waals surface area contributed by atoms with Crippen LogP contribution in [0.5, 0.6) is 0 Å².